The van der Waals surface area contributed by atoms with Crippen molar-refractivity contribution in [3.8, 4) is 5.75 Å². The van der Waals surface area contributed by atoms with Gasteiger partial charge >= 0.3 is 0 Å². The normalized spacial score (nSPS) is 12.6. The van der Waals surface area contributed by atoms with Gasteiger partial charge in [-0.15, -0.1) is 0 Å². The van der Waals surface area contributed by atoms with Gasteiger partial charge in [0.05, 0.1) is 12.1 Å². The number of benzene rings is 1. The molecule has 0 bridgehead atoms. The predicted octanol–water partition coefficient (Wildman–Crippen LogP) is 2.49. The number of methoxy groups -OCH3 is 1. The molecule has 1 rings (SSSR count). The van der Waals surface area contributed by atoms with Crippen molar-refractivity contribution in [2.45, 2.75) is 13.3 Å². The summed E-state index contributed by atoms with van der Waals surface area (Å²) in [5.74, 6) is 1.22. The van der Waals surface area contributed by atoms with E-state index < -0.39 is 0 Å². The molecule has 0 saturated heterocycles. The van der Waals surface area contributed by atoms with Crippen molar-refractivity contribution in [3.05, 3.63) is 28.8 Å². The molecule has 3 heteroatoms. The summed E-state index contributed by atoms with van der Waals surface area (Å²) in [6, 6.07) is 5.84. The van der Waals surface area contributed by atoms with E-state index in [0.717, 1.165) is 12.2 Å². The third-order valence-electron chi connectivity index (χ3n) is 2.20. The molecule has 2 nitrogen and oxygen atoms in total. The lowest BCUT2D eigenvalue weighted by atomic mass is 10.0. The van der Waals surface area contributed by atoms with Gasteiger partial charge in [-0.3, -0.25) is 0 Å². The molecule has 78 valence electrons. The number of halogens is 1. The minimum atomic E-state index is 0.487. The number of hydrogen-bond donors (Lipinski definition) is 1. The first-order chi connectivity index (χ1) is 6.67. The van der Waals surface area contributed by atoms with Crippen molar-refractivity contribution < 1.29 is 4.74 Å². The van der Waals surface area contributed by atoms with Gasteiger partial charge in [0, 0.05) is 0 Å². The topological polar surface area (TPSA) is 35.2 Å². The molecule has 0 aliphatic rings. The molecule has 0 aliphatic heterocycles. The van der Waals surface area contributed by atoms with Gasteiger partial charge in [0.2, 0.25) is 0 Å². The molecule has 0 aromatic heterocycles. The van der Waals surface area contributed by atoms with Crippen LogP contribution in [0.5, 0.6) is 5.75 Å². The average molecular weight is 214 g/mol. The van der Waals surface area contributed by atoms with E-state index in [1.54, 1.807) is 7.11 Å². The first kappa shape index (κ1) is 11.3. The predicted molar refractivity (Wildman–Crippen MR) is 59.9 cm³/mol. The molecule has 1 aromatic rings. The van der Waals surface area contributed by atoms with E-state index in [4.69, 9.17) is 22.1 Å². The summed E-state index contributed by atoms with van der Waals surface area (Å²) in [7, 11) is 1.62. The van der Waals surface area contributed by atoms with Crippen LogP contribution in [0.25, 0.3) is 0 Å². The highest BCUT2D eigenvalue weighted by Crippen LogP contribution is 2.25. The molecule has 1 unspecified atom stereocenters. The Morgan fingerprint density at radius 1 is 1.50 bits per heavy atom. The standard InChI is InChI=1S/C11H16ClNO/c1-8(7-13)5-9-3-4-10(12)11(6-9)14-2/h3-4,6,8H,5,7,13H2,1-2H3. The Balaban J connectivity index is 2.79. The van der Waals surface area contributed by atoms with Crippen molar-refractivity contribution >= 4 is 11.6 Å². The van der Waals surface area contributed by atoms with Crippen molar-refractivity contribution in [1.29, 1.82) is 0 Å². The Morgan fingerprint density at radius 3 is 2.79 bits per heavy atom. The van der Waals surface area contributed by atoms with Crippen molar-refractivity contribution in [2.24, 2.45) is 11.7 Å². The van der Waals surface area contributed by atoms with Crippen LogP contribution in [-0.4, -0.2) is 13.7 Å². The maximum Gasteiger partial charge on any atom is 0.137 e. The lowest BCUT2D eigenvalue weighted by Gasteiger charge is -2.10. The molecule has 0 aliphatic carbocycles. The highest BCUT2D eigenvalue weighted by atomic mass is 35.5. The Morgan fingerprint density at radius 2 is 2.21 bits per heavy atom. The van der Waals surface area contributed by atoms with Crippen LogP contribution in [0.4, 0.5) is 0 Å². The molecule has 0 saturated carbocycles. The number of ether oxygens (including phenoxy) is 1. The molecule has 0 amide bonds. The van der Waals surface area contributed by atoms with E-state index in [-0.39, 0.29) is 0 Å². The SMILES string of the molecule is COc1cc(CC(C)CN)ccc1Cl. The van der Waals surface area contributed by atoms with Crippen LogP contribution in [0, 0.1) is 5.92 Å². The van der Waals surface area contributed by atoms with Crippen molar-refractivity contribution in [2.75, 3.05) is 13.7 Å². The zero-order valence-corrected chi connectivity index (χ0v) is 9.34. The fraction of sp³-hybridized carbons (Fsp3) is 0.455. The molecular weight excluding hydrogens is 198 g/mol. The summed E-state index contributed by atoms with van der Waals surface area (Å²) in [5, 5.41) is 0.650. The monoisotopic (exact) mass is 213 g/mol. The summed E-state index contributed by atoms with van der Waals surface area (Å²) in [5.41, 5.74) is 6.78. The van der Waals surface area contributed by atoms with E-state index in [1.807, 2.05) is 18.2 Å². The average Bonchev–Trinajstić information content (AvgIpc) is 2.20. The minimum Gasteiger partial charge on any atom is -0.495 e. The van der Waals surface area contributed by atoms with E-state index in [1.165, 1.54) is 5.56 Å². The van der Waals surface area contributed by atoms with E-state index >= 15 is 0 Å². The maximum atomic E-state index is 5.92. The van der Waals surface area contributed by atoms with Gasteiger partial charge in [0.25, 0.3) is 0 Å². The summed E-state index contributed by atoms with van der Waals surface area (Å²) in [4.78, 5) is 0. The second-order valence-corrected chi connectivity index (χ2v) is 3.92. The first-order valence-corrected chi connectivity index (χ1v) is 5.07. The minimum absolute atomic E-state index is 0.487. The summed E-state index contributed by atoms with van der Waals surface area (Å²) in [6.45, 7) is 2.83. The van der Waals surface area contributed by atoms with Crippen molar-refractivity contribution in [3.63, 3.8) is 0 Å². The second kappa shape index (κ2) is 5.23. The van der Waals surface area contributed by atoms with Crippen LogP contribution < -0.4 is 10.5 Å². The molecule has 2 N–H and O–H groups in total. The Kier molecular flexibility index (Phi) is 4.23. The van der Waals surface area contributed by atoms with Crippen LogP contribution in [0.3, 0.4) is 0 Å². The number of rotatable bonds is 4. The van der Waals surface area contributed by atoms with Gasteiger partial charge in [-0.25, -0.2) is 0 Å². The number of nitrogens with two attached hydrogens (primary N) is 1. The summed E-state index contributed by atoms with van der Waals surface area (Å²) >= 11 is 5.92. The van der Waals surface area contributed by atoms with E-state index in [2.05, 4.69) is 6.92 Å². The van der Waals surface area contributed by atoms with E-state index in [9.17, 15) is 0 Å². The summed E-state index contributed by atoms with van der Waals surface area (Å²) in [6.07, 6.45) is 0.962. The molecule has 1 atom stereocenters. The smallest absolute Gasteiger partial charge is 0.137 e. The number of hydrogen-bond acceptors (Lipinski definition) is 2. The first-order valence-electron chi connectivity index (χ1n) is 4.70. The molecule has 0 fully saturated rings. The van der Waals surface area contributed by atoms with Gasteiger partial charge in [-0.05, 0) is 36.6 Å². The molecule has 0 radical (unpaired) electrons. The molecule has 1 aromatic carbocycles. The third-order valence-corrected chi connectivity index (χ3v) is 2.51. The maximum absolute atomic E-state index is 5.92. The largest absolute Gasteiger partial charge is 0.495 e. The lowest BCUT2D eigenvalue weighted by molar-refractivity contribution is 0.414. The zero-order valence-electron chi connectivity index (χ0n) is 8.59. The molecule has 14 heavy (non-hydrogen) atoms. The van der Waals surface area contributed by atoms with Crippen LogP contribution in [0.1, 0.15) is 12.5 Å². The van der Waals surface area contributed by atoms with Gasteiger partial charge in [-0.1, -0.05) is 24.6 Å². The van der Waals surface area contributed by atoms with Crippen LogP contribution in [0.2, 0.25) is 5.02 Å². The fourth-order valence-corrected chi connectivity index (χ4v) is 1.51. The fourth-order valence-electron chi connectivity index (χ4n) is 1.32. The van der Waals surface area contributed by atoms with Crippen LogP contribution >= 0.6 is 11.6 Å². The van der Waals surface area contributed by atoms with Gasteiger partial charge < -0.3 is 10.5 Å². The quantitative estimate of drug-likeness (QED) is 0.834. The Hall–Kier alpha value is -0.730. The van der Waals surface area contributed by atoms with Crippen LogP contribution in [-0.2, 0) is 6.42 Å². The highest BCUT2D eigenvalue weighted by molar-refractivity contribution is 6.32. The molecular formula is C11H16ClNO. The molecule has 0 spiro atoms. The second-order valence-electron chi connectivity index (χ2n) is 3.51. The third kappa shape index (κ3) is 2.89. The Labute approximate surface area is 90.0 Å². The Bertz CT molecular complexity index is 301. The van der Waals surface area contributed by atoms with Crippen molar-refractivity contribution in [1.82, 2.24) is 0 Å². The van der Waals surface area contributed by atoms with Gasteiger partial charge in [0.1, 0.15) is 5.75 Å². The van der Waals surface area contributed by atoms with Gasteiger partial charge in [0.15, 0.2) is 0 Å². The highest BCUT2D eigenvalue weighted by Gasteiger charge is 2.05. The lowest BCUT2D eigenvalue weighted by Crippen LogP contribution is -2.13. The van der Waals surface area contributed by atoms with Gasteiger partial charge in [-0.2, -0.15) is 0 Å². The van der Waals surface area contributed by atoms with Crippen LogP contribution in [0.15, 0.2) is 18.2 Å². The van der Waals surface area contributed by atoms with E-state index in [0.29, 0.717) is 17.5 Å². The molecule has 0 heterocycles. The zero-order chi connectivity index (χ0) is 10.6. The summed E-state index contributed by atoms with van der Waals surface area (Å²) < 4.78 is 5.14.